The molecule has 3 rings (SSSR count). The van der Waals surface area contributed by atoms with Gasteiger partial charge in [0.05, 0.1) is 11.7 Å². The number of aromatic amines is 1. The molecule has 16 heavy (non-hydrogen) atoms. The molecule has 0 fully saturated rings. The third kappa shape index (κ3) is 1.09. The van der Waals surface area contributed by atoms with Gasteiger partial charge in [0.1, 0.15) is 11.4 Å². The molecule has 82 valence electrons. The third-order valence-electron chi connectivity index (χ3n) is 3.04. The molecule has 0 aromatic carbocycles. The molecule has 1 aliphatic heterocycles. The summed E-state index contributed by atoms with van der Waals surface area (Å²) >= 11 is 6.12. The smallest absolute Gasteiger partial charge is 0.152 e. The van der Waals surface area contributed by atoms with Gasteiger partial charge < -0.3 is 4.90 Å². The van der Waals surface area contributed by atoms with Gasteiger partial charge in [0.15, 0.2) is 5.15 Å². The number of anilines is 1. The van der Waals surface area contributed by atoms with E-state index < -0.39 is 0 Å². The van der Waals surface area contributed by atoms with E-state index in [0.29, 0.717) is 5.15 Å². The Balaban J connectivity index is 2.35. The van der Waals surface area contributed by atoms with Crippen molar-refractivity contribution in [3.8, 4) is 11.3 Å². The molecule has 0 amide bonds. The average Bonchev–Trinajstić information content (AvgIpc) is 2.74. The van der Waals surface area contributed by atoms with Crippen LogP contribution >= 0.6 is 11.6 Å². The second-order valence-corrected chi connectivity index (χ2v) is 4.20. The van der Waals surface area contributed by atoms with E-state index >= 15 is 0 Å². The maximum atomic E-state index is 6.12. The number of pyridine rings is 1. The van der Waals surface area contributed by atoms with Crippen LogP contribution in [0.15, 0.2) is 12.3 Å². The molecule has 0 spiro atoms. The van der Waals surface area contributed by atoms with Gasteiger partial charge in [-0.15, -0.1) is 0 Å². The van der Waals surface area contributed by atoms with Crippen molar-refractivity contribution in [2.24, 2.45) is 0 Å². The van der Waals surface area contributed by atoms with E-state index in [-0.39, 0.29) is 6.04 Å². The minimum atomic E-state index is 0.142. The highest BCUT2D eigenvalue weighted by atomic mass is 35.5. The van der Waals surface area contributed by atoms with Crippen LogP contribution in [-0.4, -0.2) is 27.4 Å². The fourth-order valence-corrected chi connectivity index (χ4v) is 2.35. The monoisotopic (exact) mass is 235 g/mol. The first-order chi connectivity index (χ1) is 7.70. The SMILES string of the molecule is CC1c2n[nH]nc2-c2ccnc(Cl)c2N1C. The van der Waals surface area contributed by atoms with Crippen LogP contribution in [-0.2, 0) is 0 Å². The zero-order chi connectivity index (χ0) is 11.3. The van der Waals surface area contributed by atoms with Gasteiger partial charge in [-0.2, -0.15) is 15.4 Å². The predicted molar refractivity (Wildman–Crippen MR) is 61.4 cm³/mol. The number of nitrogens with one attached hydrogen (secondary N) is 1. The number of H-pyrrole nitrogens is 1. The predicted octanol–water partition coefficient (Wildman–Crippen LogP) is 2.03. The van der Waals surface area contributed by atoms with Crippen molar-refractivity contribution in [3.05, 3.63) is 23.1 Å². The Kier molecular flexibility index (Phi) is 1.91. The molecule has 6 heteroatoms. The van der Waals surface area contributed by atoms with Gasteiger partial charge in [-0.3, -0.25) is 0 Å². The molecule has 5 nitrogen and oxygen atoms in total. The quantitative estimate of drug-likeness (QED) is 0.710. The summed E-state index contributed by atoms with van der Waals surface area (Å²) < 4.78 is 0. The van der Waals surface area contributed by atoms with Gasteiger partial charge in [0, 0.05) is 18.8 Å². The minimum Gasteiger partial charge on any atom is -0.363 e. The molecular formula is C10H10ClN5. The van der Waals surface area contributed by atoms with Crippen LogP contribution in [0.2, 0.25) is 5.15 Å². The molecule has 0 aliphatic carbocycles. The zero-order valence-electron chi connectivity index (χ0n) is 8.90. The van der Waals surface area contributed by atoms with Crippen LogP contribution in [0.3, 0.4) is 0 Å². The lowest BCUT2D eigenvalue weighted by Gasteiger charge is -2.32. The summed E-state index contributed by atoms with van der Waals surface area (Å²) in [6, 6.07) is 2.05. The summed E-state index contributed by atoms with van der Waals surface area (Å²) in [6.07, 6.45) is 1.68. The highest BCUT2D eigenvalue weighted by molar-refractivity contribution is 6.32. The lowest BCUT2D eigenvalue weighted by molar-refractivity contribution is 0.702. The molecule has 1 N–H and O–H groups in total. The summed E-state index contributed by atoms with van der Waals surface area (Å²) in [6.45, 7) is 2.06. The first kappa shape index (κ1) is 9.59. The van der Waals surface area contributed by atoms with Crippen LogP contribution in [0.4, 0.5) is 5.69 Å². The van der Waals surface area contributed by atoms with Crippen molar-refractivity contribution in [1.29, 1.82) is 0 Å². The molecule has 1 aliphatic rings. The highest BCUT2D eigenvalue weighted by Crippen LogP contribution is 2.44. The van der Waals surface area contributed by atoms with E-state index in [1.54, 1.807) is 6.20 Å². The lowest BCUT2D eigenvalue weighted by Crippen LogP contribution is -2.26. The molecule has 0 saturated carbocycles. The number of halogens is 1. The molecule has 1 atom stereocenters. The van der Waals surface area contributed by atoms with Crippen molar-refractivity contribution >= 4 is 17.3 Å². The summed E-state index contributed by atoms with van der Waals surface area (Å²) in [7, 11) is 1.98. The molecule has 2 aromatic heterocycles. The second kappa shape index (κ2) is 3.18. The largest absolute Gasteiger partial charge is 0.363 e. The average molecular weight is 236 g/mol. The van der Waals surface area contributed by atoms with Crippen LogP contribution in [0.5, 0.6) is 0 Å². The lowest BCUT2D eigenvalue weighted by atomic mass is 9.99. The first-order valence-corrected chi connectivity index (χ1v) is 5.36. The Hall–Kier alpha value is -1.62. The van der Waals surface area contributed by atoms with Crippen molar-refractivity contribution in [1.82, 2.24) is 20.4 Å². The maximum Gasteiger partial charge on any atom is 0.152 e. The zero-order valence-corrected chi connectivity index (χ0v) is 9.65. The van der Waals surface area contributed by atoms with Gasteiger partial charge in [0.25, 0.3) is 0 Å². The maximum absolute atomic E-state index is 6.12. The first-order valence-electron chi connectivity index (χ1n) is 4.98. The molecule has 1 unspecified atom stereocenters. The minimum absolute atomic E-state index is 0.142. The number of hydrogen-bond acceptors (Lipinski definition) is 4. The Bertz CT molecular complexity index is 550. The fourth-order valence-electron chi connectivity index (χ4n) is 2.06. The molecular weight excluding hydrogens is 226 g/mol. The van der Waals surface area contributed by atoms with Gasteiger partial charge in [-0.1, -0.05) is 11.6 Å². The summed E-state index contributed by atoms with van der Waals surface area (Å²) in [5.74, 6) is 0. The van der Waals surface area contributed by atoms with Gasteiger partial charge in [-0.05, 0) is 13.0 Å². The van der Waals surface area contributed by atoms with Crippen molar-refractivity contribution in [3.63, 3.8) is 0 Å². The van der Waals surface area contributed by atoms with Crippen molar-refractivity contribution in [2.45, 2.75) is 13.0 Å². The number of rotatable bonds is 0. The van der Waals surface area contributed by atoms with E-state index in [1.807, 2.05) is 13.1 Å². The van der Waals surface area contributed by atoms with Crippen LogP contribution in [0.25, 0.3) is 11.3 Å². The standard InChI is InChI=1S/C10H10ClN5/c1-5-7-8(14-15-13-7)6-3-4-12-10(11)9(6)16(5)2/h3-5H,1-2H3,(H,13,14,15). The molecule has 3 heterocycles. The topological polar surface area (TPSA) is 57.7 Å². The van der Waals surface area contributed by atoms with Crippen molar-refractivity contribution < 1.29 is 0 Å². The third-order valence-corrected chi connectivity index (χ3v) is 3.32. The Morgan fingerprint density at radius 2 is 2.25 bits per heavy atom. The van der Waals surface area contributed by atoms with Gasteiger partial charge in [0.2, 0.25) is 0 Å². The van der Waals surface area contributed by atoms with Crippen LogP contribution in [0.1, 0.15) is 18.7 Å². The summed E-state index contributed by atoms with van der Waals surface area (Å²) in [5, 5.41) is 11.5. The molecule has 2 aromatic rings. The van der Waals surface area contributed by atoms with Gasteiger partial charge in [-0.25, -0.2) is 4.98 Å². The summed E-state index contributed by atoms with van der Waals surface area (Å²) in [4.78, 5) is 6.16. The fraction of sp³-hybridized carbons (Fsp3) is 0.300. The van der Waals surface area contributed by atoms with E-state index in [2.05, 4.69) is 32.2 Å². The highest BCUT2D eigenvalue weighted by Gasteiger charge is 2.31. The Labute approximate surface area is 97.4 Å². The Morgan fingerprint density at radius 1 is 1.44 bits per heavy atom. The second-order valence-electron chi connectivity index (χ2n) is 3.84. The van der Waals surface area contributed by atoms with Crippen LogP contribution in [0, 0.1) is 0 Å². The molecule has 0 radical (unpaired) electrons. The van der Waals surface area contributed by atoms with Crippen molar-refractivity contribution in [2.75, 3.05) is 11.9 Å². The van der Waals surface area contributed by atoms with E-state index in [0.717, 1.165) is 22.6 Å². The van der Waals surface area contributed by atoms with E-state index in [4.69, 9.17) is 11.6 Å². The van der Waals surface area contributed by atoms with E-state index in [1.165, 1.54) is 0 Å². The Morgan fingerprint density at radius 3 is 3.06 bits per heavy atom. The number of fused-ring (bicyclic) bond motifs is 3. The summed E-state index contributed by atoms with van der Waals surface area (Å²) in [5.41, 5.74) is 3.70. The number of aromatic nitrogens is 4. The van der Waals surface area contributed by atoms with Gasteiger partial charge >= 0.3 is 0 Å². The molecule has 0 saturated heterocycles. The number of hydrogen-bond donors (Lipinski definition) is 1. The van der Waals surface area contributed by atoms with Crippen LogP contribution < -0.4 is 4.90 Å². The molecule has 0 bridgehead atoms. The number of nitrogens with zero attached hydrogens (tertiary/aromatic N) is 4. The normalized spacial score (nSPS) is 18.2. The van der Waals surface area contributed by atoms with E-state index in [9.17, 15) is 0 Å².